The molecule has 0 radical (unpaired) electrons. The quantitative estimate of drug-likeness (QED) is 0.606. The van der Waals surface area contributed by atoms with Crippen LogP contribution in [-0.2, 0) is 9.59 Å². The third kappa shape index (κ3) is 3.48. The molecule has 1 fully saturated rings. The first-order valence-corrected chi connectivity index (χ1v) is 5.95. The van der Waals surface area contributed by atoms with Gasteiger partial charge in [0.1, 0.15) is 0 Å². The lowest BCUT2D eigenvalue weighted by molar-refractivity contribution is -0.128. The Morgan fingerprint density at radius 2 is 2.19 bits per heavy atom. The molecular weight excluding hydrogens is 206 g/mol. The van der Waals surface area contributed by atoms with Crippen molar-refractivity contribution < 1.29 is 9.59 Å². The minimum absolute atomic E-state index is 0.00204. The lowest BCUT2D eigenvalue weighted by Gasteiger charge is -2.13. The van der Waals surface area contributed by atoms with E-state index < -0.39 is 0 Å². The predicted octanol–water partition coefficient (Wildman–Crippen LogP) is -0.419. The molecule has 5 nitrogen and oxygen atoms in total. The maximum atomic E-state index is 11.7. The fourth-order valence-corrected chi connectivity index (χ4v) is 1.85. The maximum Gasteiger partial charge on any atom is 0.225 e. The average Bonchev–Trinajstić information content (AvgIpc) is 2.66. The molecular formula is C11H21N3O2. The topological polar surface area (TPSA) is 61.4 Å². The number of amides is 2. The molecule has 1 aliphatic rings. The van der Waals surface area contributed by atoms with Gasteiger partial charge in [-0.05, 0) is 13.5 Å². The van der Waals surface area contributed by atoms with Crippen LogP contribution >= 0.6 is 0 Å². The number of likely N-dealkylation sites (N-methyl/N-ethyl adjacent to an activating group) is 1. The molecule has 2 N–H and O–H groups in total. The van der Waals surface area contributed by atoms with Gasteiger partial charge >= 0.3 is 0 Å². The van der Waals surface area contributed by atoms with Gasteiger partial charge in [0.05, 0.1) is 5.92 Å². The molecule has 2 amide bonds. The molecule has 92 valence electrons. The molecule has 0 aliphatic carbocycles. The van der Waals surface area contributed by atoms with Crippen LogP contribution in [0.4, 0.5) is 0 Å². The summed E-state index contributed by atoms with van der Waals surface area (Å²) < 4.78 is 0. The molecule has 1 unspecified atom stereocenters. The van der Waals surface area contributed by atoms with Crippen molar-refractivity contribution in [2.75, 3.05) is 32.7 Å². The van der Waals surface area contributed by atoms with Crippen LogP contribution in [0, 0.1) is 5.92 Å². The summed E-state index contributed by atoms with van der Waals surface area (Å²) in [6.07, 6.45) is 0.362. The summed E-state index contributed by atoms with van der Waals surface area (Å²) in [4.78, 5) is 24.9. The van der Waals surface area contributed by atoms with E-state index in [1.54, 1.807) is 4.90 Å². The van der Waals surface area contributed by atoms with Crippen LogP contribution in [0.1, 0.15) is 20.3 Å². The van der Waals surface area contributed by atoms with Gasteiger partial charge in [-0.2, -0.15) is 0 Å². The Kier molecular flexibility index (Phi) is 5.25. The van der Waals surface area contributed by atoms with E-state index in [1.807, 2.05) is 13.8 Å². The molecule has 16 heavy (non-hydrogen) atoms. The maximum absolute atomic E-state index is 11.7. The third-order valence-corrected chi connectivity index (χ3v) is 2.82. The van der Waals surface area contributed by atoms with Crippen LogP contribution in [0.25, 0.3) is 0 Å². The second-order valence-corrected chi connectivity index (χ2v) is 3.98. The Bertz CT molecular complexity index is 256. The molecule has 1 saturated heterocycles. The lowest BCUT2D eigenvalue weighted by atomic mass is 10.1. The number of hydrogen-bond acceptors (Lipinski definition) is 3. The van der Waals surface area contributed by atoms with Crippen molar-refractivity contribution in [3.63, 3.8) is 0 Å². The van der Waals surface area contributed by atoms with E-state index in [9.17, 15) is 9.59 Å². The van der Waals surface area contributed by atoms with Crippen molar-refractivity contribution in [2.45, 2.75) is 20.3 Å². The monoisotopic (exact) mass is 227 g/mol. The van der Waals surface area contributed by atoms with E-state index in [0.29, 0.717) is 26.1 Å². The molecule has 0 aromatic heterocycles. The molecule has 1 rings (SSSR count). The van der Waals surface area contributed by atoms with Crippen LogP contribution in [0.2, 0.25) is 0 Å². The first-order valence-electron chi connectivity index (χ1n) is 5.95. The zero-order valence-corrected chi connectivity index (χ0v) is 10.1. The minimum Gasteiger partial charge on any atom is -0.355 e. The Morgan fingerprint density at radius 1 is 1.44 bits per heavy atom. The van der Waals surface area contributed by atoms with Crippen LogP contribution < -0.4 is 10.6 Å². The highest BCUT2D eigenvalue weighted by Crippen LogP contribution is 2.17. The van der Waals surface area contributed by atoms with Crippen molar-refractivity contribution in [1.29, 1.82) is 0 Å². The van der Waals surface area contributed by atoms with E-state index in [2.05, 4.69) is 10.6 Å². The zero-order valence-electron chi connectivity index (χ0n) is 10.1. The molecule has 0 aromatic carbocycles. The zero-order chi connectivity index (χ0) is 12.0. The van der Waals surface area contributed by atoms with E-state index in [4.69, 9.17) is 0 Å². The normalized spacial score (nSPS) is 20.2. The summed E-state index contributed by atoms with van der Waals surface area (Å²) in [5.74, 6) is -0.0642. The number of nitrogens with one attached hydrogen (secondary N) is 2. The number of carbonyl (C=O) groups excluding carboxylic acids is 2. The van der Waals surface area contributed by atoms with Gasteiger partial charge in [0.2, 0.25) is 11.8 Å². The summed E-state index contributed by atoms with van der Waals surface area (Å²) in [6.45, 7) is 7.54. The molecule has 1 heterocycles. The fraction of sp³-hybridized carbons (Fsp3) is 0.818. The van der Waals surface area contributed by atoms with Gasteiger partial charge in [-0.25, -0.2) is 0 Å². The number of nitrogens with zero attached hydrogens (tertiary/aromatic N) is 1. The fourth-order valence-electron chi connectivity index (χ4n) is 1.85. The van der Waals surface area contributed by atoms with Crippen molar-refractivity contribution in [3.05, 3.63) is 0 Å². The summed E-state index contributed by atoms with van der Waals surface area (Å²) in [5.41, 5.74) is 0. The van der Waals surface area contributed by atoms with Gasteiger partial charge in [-0.1, -0.05) is 6.92 Å². The Balaban J connectivity index is 2.25. The summed E-state index contributed by atoms with van der Waals surface area (Å²) in [7, 11) is 0. The van der Waals surface area contributed by atoms with Crippen LogP contribution in [-0.4, -0.2) is 49.4 Å². The molecule has 0 bridgehead atoms. The predicted molar refractivity (Wildman–Crippen MR) is 61.9 cm³/mol. The Hall–Kier alpha value is -1.10. The van der Waals surface area contributed by atoms with Crippen molar-refractivity contribution in [2.24, 2.45) is 5.92 Å². The van der Waals surface area contributed by atoms with E-state index in [1.165, 1.54) is 0 Å². The van der Waals surface area contributed by atoms with Gasteiger partial charge in [0, 0.05) is 32.6 Å². The SMILES string of the molecule is CCNCCNC(=O)C1CC(=O)N(CC)C1. The molecule has 1 aliphatic heterocycles. The van der Waals surface area contributed by atoms with Crippen LogP contribution in [0.5, 0.6) is 0 Å². The van der Waals surface area contributed by atoms with Gasteiger partial charge in [0.15, 0.2) is 0 Å². The highest BCUT2D eigenvalue weighted by molar-refractivity contribution is 5.89. The molecule has 1 atom stereocenters. The number of rotatable bonds is 6. The summed E-state index contributed by atoms with van der Waals surface area (Å²) in [6, 6.07) is 0. The van der Waals surface area contributed by atoms with Crippen molar-refractivity contribution >= 4 is 11.8 Å². The average molecular weight is 227 g/mol. The van der Waals surface area contributed by atoms with Gasteiger partial charge in [-0.3, -0.25) is 9.59 Å². The van der Waals surface area contributed by atoms with Crippen LogP contribution in [0.3, 0.4) is 0 Å². The second kappa shape index (κ2) is 6.48. The lowest BCUT2D eigenvalue weighted by Crippen LogP contribution is -2.37. The number of carbonyl (C=O) groups is 2. The highest BCUT2D eigenvalue weighted by atomic mass is 16.2. The molecule has 5 heteroatoms. The Morgan fingerprint density at radius 3 is 2.75 bits per heavy atom. The first kappa shape index (κ1) is 13.0. The second-order valence-electron chi connectivity index (χ2n) is 3.98. The molecule has 0 aromatic rings. The van der Waals surface area contributed by atoms with E-state index in [0.717, 1.165) is 13.1 Å². The van der Waals surface area contributed by atoms with Gasteiger partial charge in [0.25, 0.3) is 0 Å². The molecule has 0 spiro atoms. The molecule has 0 saturated carbocycles. The number of likely N-dealkylation sites (tertiary alicyclic amines) is 1. The van der Waals surface area contributed by atoms with E-state index in [-0.39, 0.29) is 17.7 Å². The van der Waals surface area contributed by atoms with Crippen molar-refractivity contribution in [3.8, 4) is 0 Å². The van der Waals surface area contributed by atoms with Crippen molar-refractivity contribution in [1.82, 2.24) is 15.5 Å². The largest absolute Gasteiger partial charge is 0.355 e. The van der Waals surface area contributed by atoms with Gasteiger partial charge in [-0.15, -0.1) is 0 Å². The highest BCUT2D eigenvalue weighted by Gasteiger charge is 2.32. The summed E-state index contributed by atoms with van der Waals surface area (Å²) in [5, 5.41) is 5.98. The summed E-state index contributed by atoms with van der Waals surface area (Å²) >= 11 is 0. The minimum atomic E-state index is -0.158. The smallest absolute Gasteiger partial charge is 0.225 e. The Labute approximate surface area is 96.6 Å². The van der Waals surface area contributed by atoms with Gasteiger partial charge < -0.3 is 15.5 Å². The van der Waals surface area contributed by atoms with E-state index >= 15 is 0 Å². The number of hydrogen-bond donors (Lipinski definition) is 2. The standard InChI is InChI=1S/C11H21N3O2/c1-3-12-5-6-13-11(16)9-7-10(15)14(4-2)8-9/h9,12H,3-8H2,1-2H3,(H,13,16). The third-order valence-electron chi connectivity index (χ3n) is 2.82. The first-order chi connectivity index (χ1) is 7.69. The van der Waals surface area contributed by atoms with Crippen LogP contribution in [0.15, 0.2) is 0 Å².